The zero-order chi connectivity index (χ0) is 14.8. The monoisotopic (exact) mass is 290 g/mol. The first-order chi connectivity index (χ1) is 10.2. The number of hydrogen-bond donors (Lipinski definition) is 1. The maximum absolute atomic E-state index is 13.2. The van der Waals surface area contributed by atoms with E-state index in [9.17, 15) is 8.78 Å². The van der Waals surface area contributed by atoms with Crippen LogP contribution in [0.15, 0.2) is 24.3 Å². The summed E-state index contributed by atoms with van der Waals surface area (Å²) in [6.45, 7) is 0.271. The van der Waals surface area contributed by atoms with Crippen LogP contribution in [0.4, 0.5) is 8.78 Å². The number of aromatic nitrogens is 1. The Kier molecular flexibility index (Phi) is 3.84. The number of pyridine rings is 1. The summed E-state index contributed by atoms with van der Waals surface area (Å²) in [5.74, 6) is -0.942. The number of aryl methyl sites for hydroxylation is 2. The molecule has 110 valence electrons. The maximum atomic E-state index is 13.2. The minimum absolute atomic E-state index is 0.0884. The molecule has 0 fully saturated rings. The topological polar surface area (TPSA) is 48.1 Å². The van der Waals surface area contributed by atoms with Crippen molar-refractivity contribution >= 4 is 0 Å². The quantitative estimate of drug-likeness (QED) is 0.941. The molecule has 3 nitrogen and oxygen atoms in total. The van der Waals surface area contributed by atoms with E-state index < -0.39 is 11.6 Å². The normalized spacial score (nSPS) is 13.9. The average Bonchev–Trinajstić information content (AvgIpc) is 2.45. The Morgan fingerprint density at radius 2 is 1.76 bits per heavy atom. The Morgan fingerprint density at radius 1 is 1.05 bits per heavy atom. The molecule has 0 radical (unpaired) electrons. The lowest BCUT2D eigenvalue weighted by atomic mass is 9.95. The third-order valence-corrected chi connectivity index (χ3v) is 3.61. The fourth-order valence-corrected chi connectivity index (χ4v) is 2.60. The lowest BCUT2D eigenvalue weighted by molar-refractivity contribution is 0.441. The Morgan fingerprint density at radius 3 is 2.48 bits per heavy atom. The van der Waals surface area contributed by atoms with Gasteiger partial charge < -0.3 is 10.5 Å². The predicted molar refractivity (Wildman–Crippen MR) is 75.2 cm³/mol. The number of halogens is 2. The molecule has 3 rings (SSSR count). The van der Waals surface area contributed by atoms with Gasteiger partial charge in [-0.25, -0.2) is 13.8 Å². The molecule has 0 amide bonds. The van der Waals surface area contributed by atoms with Crippen molar-refractivity contribution < 1.29 is 13.5 Å². The lowest BCUT2D eigenvalue weighted by Gasteiger charge is -2.18. The van der Waals surface area contributed by atoms with Gasteiger partial charge in [-0.2, -0.15) is 0 Å². The Balaban J connectivity index is 1.97. The van der Waals surface area contributed by atoms with Gasteiger partial charge in [-0.15, -0.1) is 0 Å². The number of nitrogens with zero attached hydrogens (tertiary/aromatic N) is 1. The van der Waals surface area contributed by atoms with Crippen LogP contribution in [0.3, 0.4) is 0 Å². The molecule has 1 aromatic carbocycles. The molecule has 5 heteroatoms. The smallest absolute Gasteiger partial charge is 0.223 e. The van der Waals surface area contributed by atoms with E-state index >= 15 is 0 Å². The number of rotatable bonds is 3. The highest BCUT2D eigenvalue weighted by atomic mass is 19.1. The standard InChI is InChI=1S/C16H16F2N2O/c17-12-6-13(18)8-14(7-12)21-16-11(9-19)5-10-3-1-2-4-15(10)20-16/h5-8H,1-4,9,19H2. The lowest BCUT2D eigenvalue weighted by Crippen LogP contribution is -2.10. The minimum Gasteiger partial charge on any atom is -0.438 e. The molecule has 0 aliphatic heterocycles. The summed E-state index contributed by atoms with van der Waals surface area (Å²) in [5, 5.41) is 0. The number of fused-ring (bicyclic) bond motifs is 1. The first kappa shape index (κ1) is 13.9. The van der Waals surface area contributed by atoms with Crippen LogP contribution in [0.1, 0.15) is 29.7 Å². The van der Waals surface area contributed by atoms with Crippen molar-refractivity contribution in [2.75, 3.05) is 0 Å². The first-order valence-corrected chi connectivity index (χ1v) is 7.01. The van der Waals surface area contributed by atoms with Crippen LogP contribution in [0.2, 0.25) is 0 Å². The fourth-order valence-electron chi connectivity index (χ4n) is 2.60. The van der Waals surface area contributed by atoms with Crippen molar-refractivity contribution in [2.45, 2.75) is 32.2 Å². The van der Waals surface area contributed by atoms with Gasteiger partial charge in [0.25, 0.3) is 0 Å². The van der Waals surface area contributed by atoms with Crippen molar-refractivity contribution in [2.24, 2.45) is 5.73 Å². The molecule has 0 spiro atoms. The second kappa shape index (κ2) is 5.77. The predicted octanol–water partition coefficient (Wildman–Crippen LogP) is 3.49. The number of ether oxygens (including phenoxy) is 1. The summed E-state index contributed by atoms with van der Waals surface area (Å²) in [6.07, 6.45) is 4.13. The second-order valence-corrected chi connectivity index (χ2v) is 5.18. The van der Waals surface area contributed by atoms with E-state index in [0.717, 1.165) is 55.1 Å². The number of hydrogen-bond acceptors (Lipinski definition) is 3. The maximum Gasteiger partial charge on any atom is 0.223 e. The van der Waals surface area contributed by atoms with Gasteiger partial charge in [0.2, 0.25) is 5.88 Å². The van der Waals surface area contributed by atoms with E-state index in [0.29, 0.717) is 5.88 Å². The molecule has 1 heterocycles. The highest BCUT2D eigenvalue weighted by Crippen LogP contribution is 2.29. The van der Waals surface area contributed by atoms with E-state index in [2.05, 4.69) is 4.98 Å². The highest BCUT2D eigenvalue weighted by Gasteiger charge is 2.16. The van der Waals surface area contributed by atoms with E-state index in [1.54, 1.807) is 0 Å². The molecule has 2 aromatic rings. The Bertz CT molecular complexity index is 653. The van der Waals surface area contributed by atoms with Crippen LogP contribution in [0.25, 0.3) is 0 Å². The van der Waals surface area contributed by atoms with Crippen LogP contribution in [-0.4, -0.2) is 4.98 Å². The van der Waals surface area contributed by atoms with Gasteiger partial charge in [-0.3, -0.25) is 0 Å². The highest BCUT2D eigenvalue weighted by molar-refractivity contribution is 5.38. The number of nitrogens with two attached hydrogens (primary N) is 1. The molecule has 1 aliphatic rings. The van der Waals surface area contributed by atoms with Crippen LogP contribution in [0, 0.1) is 11.6 Å². The Labute approximate surface area is 121 Å². The zero-order valence-corrected chi connectivity index (χ0v) is 11.5. The van der Waals surface area contributed by atoms with Gasteiger partial charge in [0.15, 0.2) is 0 Å². The third kappa shape index (κ3) is 3.03. The second-order valence-electron chi connectivity index (χ2n) is 5.18. The van der Waals surface area contributed by atoms with E-state index in [1.165, 1.54) is 5.56 Å². The fraction of sp³-hybridized carbons (Fsp3) is 0.312. The van der Waals surface area contributed by atoms with Crippen molar-refractivity contribution in [3.8, 4) is 11.6 Å². The van der Waals surface area contributed by atoms with E-state index in [-0.39, 0.29) is 12.3 Å². The Hall–Kier alpha value is -2.01. The van der Waals surface area contributed by atoms with Crippen LogP contribution in [-0.2, 0) is 19.4 Å². The summed E-state index contributed by atoms with van der Waals surface area (Å²) in [4.78, 5) is 4.49. The van der Waals surface area contributed by atoms with Crippen molar-refractivity contribution in [1.82, 2.24) is 4.98 Å². The molecule has 21 heavy (non-hydrogen) atoms. The first-order valence-electron chi connectivity index (χ1n) is 7.01. The van der Waals surface area contributed by atoms with Crippen molar-refractivity contribution in [1.29, 1.82) is 0 Å². The summed E-state index contributed by atoms with van der Waals surface area (Å²) in [5.41, 5.74) is 8.66. The summed E-state index contributed by atoms with van der Waals surface area (Å²) >= 11 is 0. The van der Waals surface area contributed by atoms with Gasteiger partial charge in [-0.1, -0.05) is 0 Å². The molecule has 0 unspecified atom stereocenters. The summed E-state index contributed by atoms with van der Waals surface area (Å²) in [7, 11) is 0. The molecule has 0 saturated carbocycles. The van der Waals surface area contributed by atoms with Crippen LogP contribution < -0.4 is 10.5 Å². The minimum atomic E-state index is -0.683. The van der Waals surface area contributed by atoms with Crippen LogP contribution in [0.5, 0.6) is 11.6 Å². The van der Waals surface area contributed by atoms with Gasteiger partial charge in [0.1, 0.15) is 17.4 Å². The van der Waals surface area contributed by atoms with Crippen LogP contribution >= 0.6 is 0 Å². The molecular formula is C16H16F2N2O. The van der Waals surface area contributed by atoms with Gasteiger partial charge in [-0.05, 0) is 37.3 Å². The molecule has 1 aromatic heterocycles. The van der Waals surface area contributed by atoms with E-state index in [1.807, 2.05) is 6.07 Å². The SMILES string of the molecule is NCc1cc2c(nc1Oc1cc(F)cc(F)c1)CCCC2. The van der Waals surface area contributed by atoms with Crippen molar-refractivity contribution in [3.63, 3.8) is 0 Å². The molecular weight excluding hydrogens is 274 g/mol. The van der Waals surface area contributed by atoms with Crippen molar-refractivity contribution in [3.05, 3.63) is 52.7 Å². The van der Waals surface area contributed by atoms with E-state index in [4.69, 9.17) is 10.5 Å². The molecule has 2 N–H and O–H groups in total. The largest absolute Gasteiger partial charge is 0.438 e. The molecule has 0 bridgehead atoms. The molecule has 0 atom stereocenters. The van der Waals surface area contributed by atoms with Gasteiger partial charge >= 0.3 is 0 Å². The third-order valence-electron chi connectivity index (χ3n) is 3.61. The zero-order valence-electron chi connectivity index (χ0n) is 11.5. The van der Waals surface area contributed by atoms with Gasteiger partial charge in [0.05, 0.1) is 0 Å². The van der Waals surface area contributed by atoms with Gasteiger partial charge in [0, 0.05) is 36.0 Å². The molecule has 0 saturated heterocycles. The summed E-state index contributed by atoms with van der Waals surface area (Å²) < 4.78 is 32.0. The molecule has 1 aliphatic carbocycles. The summed E-state index contributed by atoms with van der Waals surface area (Å²) in [6, 6.07) is 5.05. The number of benzene rings is 1. The average molecular weight is 290 g/mol.